The lowest BCUT2D eigenvalue weighted by atomic mass is 9.98. The van der Waals surface area contributed by atoms with Crippen LogP contribution in [0.3, 0.4) is 0 Å². The molecule has 2 aromatic carbocycles. The van der Waals surface area contributed by atoms with Crippen LogP contribution >= 0.6 is 11.6 Å². The summed E-state index contributed by atoms with van der Waals surface area (Å²) in [5.74, 6) is 0.139. The van der Waals surface area contributed by atoms with Crippen molar-refractivity contribution >= 4 is 27.6 Å². The van der Waals surface area contributed by atoms with E-state index in [1.807, 2.05) is 12.1 Å². The van der Waals surface area contributed by atoms with Crippen LogP contribution in [-0.4, -0.2) is 31.8 Å². The first-order chi connectivity index (χ1) is 13.3. The molecule has 1 fully saturated rings. The van der Waals surface area contributed by atoms with Gasteiger partial charge in [0.05, 0.1) is 10.8 Å². The maximum absolute atomic E-state index is 12.9. The normalized spacial score (nSPS) is 16.3. The second-order valence-corrected chi connectivity index (χ2v) is 9.65. The van der Waals surface area contributed by atoms with Crippen molar-refractivity contribution in [2.45, 2.75) is 37.5 Å². The Balaban J connectivity index is 1.60. The summed E-state index contributed by atoms with van der Waals surface area (Å²) in [7, 11) is -3.55. The zero-order valence-electron chi connectivity index (χ0n) is 16.0. The van der Waals surface area contributed by atoms with Gasteiger partial charge in [-0.1, -0.05) is 37.6 Å². The molecule has 0 unspecified atom stereocenters. The fourth-order valence-corrected chi connectivity index (χ4v) is 4.80. The SMILES string of the molecule is CC(C)c1ccc(S(=O)(=O)N2CCC(C(=O)Oc3ccc(Cl)cc3)CC2)cc1. The third-order valence-electron chi connectivity index (χ3n) is 5.00. The van der Waals surface area contributed by atoms with E-state index < -0.39 is 10.0 Å². The average Bonchev–Trinajstić information content (AvgIpc) is 2.70. The van der Waals surface area contributed by atoms with Gasteiger partial charge in [0, 0.05) is 18.1 Å². The highest BCUT2D eigenvalue weighted by Gasteiger charge is 2.33. The Kier molecular flexibility index (Phi) is 6.43. The molecule has 0 atom stereocenters. The second-order valence-electron chi connectivity index (χ2n) is 7.28. The number of esters is 1. The lowest BCUT2D eigenvalue weighted by Gasteiger charge is -2.30. The molecule has 0 aromatic heterocycles. The Bertz CT molecular complexity index is 916. The van der Waals surface area contributed by atoms with Crippen LogP contribution in [0.15, 0.2) is 53.4 Å². The molecule has 28 heavy (non-hydrogen) atoms. The van der Waals surface area contributed by atoms with E-state index in [1.165, 1.54) is 4.31 Å². The summed E-state index contributed by atoms with van der Waals surface area (Å²) in [6.07, 6.45) is 0.880. The number of hydrogen-bond acceptors (Lipinski definition) is 4. The quantitative estimate of drug-likeness (QED) is 0.527. The molecule has 3 rings (SSSR count). The van der Waals surface area contributed by atoms with Crippen LogP contribution in [0.25, 0.3) is 0 Å². The van der Waals surface area contributed by atoms with Crippen molar-refractivity contribution in [3.63, 3.8) is 0 Å². The third-order valence-corrected chi connectivity index (χ3v) is 7.17. The van der Waals surface area contributed by atoms with E-state index in [9.17, 15) is 13.2 Å². The first-order valence-electron chi connectivity index (χ1n) is 9.35. The van der Waals surface area contributed by atoms with Gasteiger partial charge < -0.3 is 4.74 Å². The largest absolute Gasteiger partial charge is 0.426 e. The molecule has 1 heterocycles. The first kappa shape index (κ1) is 20.8. The van der Waals surface area contributed by atoms with Crippen molar-refractivity contribution in [3.8, 4) is 5.75 Å². The predicted molar refractivity (Wildman–Crippen MR) is 109 cm³/mol. The van der Waals surface area contributed by atoms with Gasteiger partial charge >= 0.3 is 5.97 Å². The number of rotatable bonds is 5. The Morgan fingerprint density at radius 1 is 1.04 bits per heavy atom. The molecule has 5 nitrogen and oxygen atoms in total. The molecule has 0 aliphatic carbocycles. The molecule has 0 bridgehead atoms. The summed E-state index contributed by atoms with van der Waals surface area (Å²) in [6, 6.07) is 13.6. The van der Waals surface area contributed by atoms with Gasteiger partial charge in [-0.2, -0.15) is 4.31 Å². The van der Waals surface area contributed by atoms with Crippen molar-refractivity contribution in [2.75, 3.05) is 13.1 Å². The summed E-state index contributed by atoms with van der Waals surface area (Å²) in [5, 5.41) is 0.569. The van der Waals surface area contributed by atoms with Gasteiger partial charge in [-0.25, -0.2) is 8.42 Å². The number of carbonyl (C=O) groups excluding carboxylic acids is 1. The smallest absolute Gasteiger partial charge is 0.314 e. The summed E-state index contributed by atoms with van der Waals surface area (Å²) >= 11 is 5.83. The molecule has 1 aliphatic heterocycles. The van der Waals surface area contributed by atoms with Crippen molar-refractivity contribution in [3.05, 3.63) is 59.1 Å². The Morgan fingerprint density at radius 2 is 1.61 bits per heavy atom. The summed E-state index contributed by atoms with van der Waals surface area (Å²) in [6.45, 7) is 4.73. The number of carbonyl (C=O) groups is 1. The summed E-state index contributed by atoms with van der Waals surface area (Å²) in [4.78, 5) is 12.6. The number of hydrogen-bond donors (Lipinski definition) is 0. The van der Waals surface area contributed by atoms with E-state index in [2.05, 4.69) is 13.8 Å². The maximum atomic E-state index is 12.9. The molecule has 0 N–H and O–H groups in total. The molecule has 0 spiro atoms. The average molecular weight is 422 g/mol. The fraction of sp³-hybridized carbons (Fsp3) is 0.381. The van der Waals surface area contributed by atoms with E-state index >= 15 is 0 Å². The minimum Gasteiger partial charge on any atom is -0.426 e. The lowest BCUT2D eigenvalue weighted by molar-refractivity contribution is -0.140. The van der Waals surface area contributed by atoms with Gasteiger partial charge in [0.15, 0.2) is 0 Å². The van der Waals surface area contributed by atoms with Gasteiger partial charge in [0.2, 0.25) is 10.0 Å². The Labute approximate surface area is 171 Å². The highest BCUT2D eigenvalue weighted by Crippen LogP contribution is 2.26. The van der Waals surface area contributed by atoms with Crippen molar-refractivity contribution in [1.29, 1.82) is 0 Å². The zero-order valence-corrected chi connectivity index (χ0v) is 17.5. The van der Waals surface area contributed by atoms with E-state index in [-0.39, 0.29) is 11.9 Å². The van der Waals surface area contributed by atoms with E-state index in [1.54, 1.807) is 36.4 Å². The second kappa shape index (κ2) is 8.64. The first-order valence-corrected chi connectivity index (χ1v) is 11.2. The number of nitrogens with zero attached hydrogens (tertiary/aromatic N) is 1. The third kappa shape index (κ3) is 4.74. The number of benzene rings is 2. The lowest BCUT2D eigenvalue weighted by Crippen LogP contribution is -2.41. The fourth-order valence-electron chi connectivity index (χ4n) is 3.21. The molecule has 150 valence electrons. The minimum absolute atomic E-state index is 0.291. The van der Waals surface area contributed by atoms with E-state index in [4.69, 9.17) is 16.3 Å². The predicted octanol–water partition coefficient (Wildman–Crippen LogP) is 4.47. The van der Waals surface area contributed by atoms with Crippen molar-refractivity contribution in [2.24, 2.45) is 5.92 Å². The van der Waals surface area contributed by atoms with Crippen LogP contribution in [-0.2, 0) is 14.8 Å². The molecule has 7 heteroatoms. The highest BCUT2D eigenvalue weighted by molar-refractivity contribution is 7.89. The van der Waals surface area contributed by atoms with Crippen LogP contribution in [0, 0.1) is 5.92 Å². The van der Waals surface area contributed by atoms with E-state index in [0.29, 0.717) is 47.5 Å². The van der Waals surface area contributed by atoms with Gasteiger partial charge in [-0.15, -0.1) is 0 Å². The molecule has 2 aromatic rings. The molecule has 0 saturated carbocycles. The number of ether oxygens (including phenoxy) is 1. The van der Waals surface area contributed by atoms with Crippen LogP contribution in [0.1, 0.15) is 38.2 Å². The molecule has 1 saturated heterocycles. The summed E-state index contributed by atoms with van der Waals surface area (Å²) in [5.41, 5.74) is 1.10. The van der Waals surface area contributed by atoms with Crippen molar-refractivity contribution in [1.82, 2.24) is 4.31 Å². The van der Waals surface area contributed by atoms with Gasteiger partial charge in [-0.3, -0.25) is 4.79 Å². The zero-order chi connectivity index (χ0) is 20.3. The summed E-state index contributed by atoms with van der Waals surface area (Å²) < 4.78 is 32.6. The topological polar surface area (TPSA) is 63.7 Å². The maximum Gasteiger partial charge on any atom is 0.314 e. The number of halogens is 1. The molecule has 0 amide bonds. The minimum atomic E-state index is -3.55. The van der Waals surface area contributed by atoms with Gasteiger partial charge in [0.1, 0.15) is 5.75 Å². The van der Waals surface area contributed by atoms with Crippen LogP contribution < -0.4 is 4.74 Å². The standard InChI is InChI=1S/C21H24ClNO4S/c1-15(2)16-3-9-20(10-4-16)28(25,26)23-13-11-17(12-14-23)21(24)27-19-7-5-18(22)6-8-19/h3-10,15,17H,11-14H2,1-2H3. The molecular formula is C21H24ClNO4S. The number of sulfonamides is 1. The Morgan fingerprint density at radius 3 is 2.14 bits per heavy atom. The molecule has 1 aliphatic rings. The monoisotopic (exact) mass is 421 g/mol. The van der Waals surface area contributed by atoms with Crippen molar-refractivity contribution < 1.29 is 17.9 Å². The number of piperidine rings is 1. The molecular weight excluding hydrogens is 398 g/mol. The highest BCUT2D eigenvalue weighted by atomic mass is 35.5. The Hall–Kier alpha value is -1.89. The van der Waals surface area contributed by atoms with E-state index in [0.717, 1.165) is 5.56 Å². The van der Waals surface area contributed by atoms with Crippen LogP contribution in [0.2, 0.25) is 5.02 Å². The van der Waals surface area contributed by atoms with Crippen LogP contribution in [0.5, 0.6) is 5.75 Å². The molecule has 0 radical (unpaired) electrons. The van der Waals surface area contributed by atoms with Gasteiger partial charge in [-0.05, 0) is 60.7 Å². The van der Waals surface area contributed by atoms with Gasteiger partial charge in [0.25, 0.3) is 0 Å². The van der Waals surface area contributed by atoms with Crippen LogP contribution in [0.4, 0.5) is 0 Å².